The number of aliphatic hydroxyl groups is 1. The van der Waals surface area contributed by atoms with Gasteiger partial charge in [0, 0.05) is 50.4 Å². The number of rotatable bonds is 4. The highest BCUT2D eigenvalue weighted by Gasteiger charge is 2.24. The molecular formula is C18H26N6OS. The predicted molar refractivity (Wildman–Crippen MR) is 105 cm³/mol. The molecule has 140 valence electrons. The van der Waals surface area contributed by atoms with Crippen LogP contribution in [0.15, 0.2) is 24.0 Å². The van der Waals surface area contributed by atoms with E-state index in [0.29, 0.717) is 0 Å². The Kier molecular flexibility index (Phi) is 5.50. The van der Waals surface area contributed by atoms with Crippen molar-refractivity contribution in [1.29, 1.82) is 0 Å². The van der Waals surface area contributed by atoms with Gasteiger partial charge >= 0.3 is 0 Å². The van der Waals surface area contributed by atoms with E-state index < -0.39 is 0 Å². The zero-order valence-corrected chi connectivity index (χ0v) is 15.8. The van der Waals surface area contributed by atoms with Crippen molar-refractivity contribution in [2.45, 2.75) is 31.7 Å². The molecule has 26 heavy (non-hydrogen) atoms. The minimum Gasteiger partial charge on any atom is -0.394 e. The van der Waals surface area contributed by atoms with Crippen LogP contribution in [0.3, 0.4) is 0 Å². The molecule has 0 spiro atoms. The summed E-state index contributed by atoms with van der Waals surface area (Å²) >= 11 is 1.70. The Morgan fingerprint density at radius 2 is 1.81 bits per heavy atom. The Bertz CT molecular complexity index is 697. The van der Waals surface area contributed by atoms with Crippen LogP contribution in [0.4, 0.5) is 16.8 Å². The van der Waals surface area contributed by atoms with Crippen molar-refractivity contribution < 1.29 is 5.11 Å². The highest BCUT2D eigenvalue weighted by atomic mass is 32.1. The van der Waals surface area contributed by atoms with Gasteiger partial charge in [0.1, 0.15) is 18.0 Å². The molecule has 0 bridgehead atoms. The van der Waals surface area contributed by atoms with E-state index in [-0.39, 0.29) is 12.6 Å². The quantitative estimate of drug-likeness (QED) is 0.878. The molecule has 1 unspecified atom stereocenters. The standard InChI is InChI=1S/C18H26N6OS/c25-13-15-4-1-2-8-24(15)17-12-16(20-14-21-17)22-6-3-7-23(10-9-22)18-19-5-11-26-18/h5,11-12,14-15,25H,1-4,6-10,13H2. The number of hydrogen-bond acceptors (Lipinski definition) is 8. The van der Waals surface area contributed by atoms with E-state index in [0.717, 1.165) is 68.8 Å². The maximum Gasteiger partial charge on any atom is 0.185 e. The summed E-state index contributed by atoms with van der Waals surface area (Å²) in [6.07, 6.45) is 7.98. The van der Waals surface area contributed by atoms with E-state index in [4.69, 9.17) is 0 Å². The van der Waals surface area contributed by atoms with E-state index in [1.165, 1.54) is 6.42 Å². The summed E-state index contributed by atoms with van der Waals surface area (Å²) in [5.41, 5.74) is 0. The molecule has 4 heterocycles. The highest BCUT2D eigenvalue weighted by Crippen LogP contribution is 2.26. The number of aliphatic hydroxyl groups excluding tert-OH is 1. The smallest absolute Gasteiger partial charge is 0.185 e. The van der Waals surface area contributed by atoms with Crippen molar-refractivity contribution in [3.05, 3.63) is 24.0 Å². The molecule has 0 radical (unpaired) electrons. The van der Waals surface area contributed by atoms with Crippen molar-refractivity contribution >= 4 is 28.1 Å². The number of nitrogens with zero attached hydrogens (tertiary/aromatic N) is 6. The van der Waals surface area contributed by atoms with Crippen LogP contribution in [0, 0.1) is 0 Å². The fraction of sp³-hybridized carbons (Fsp3) is 0.611. The molecule has 2 aromatic heterocycles. The van der Waals surface area contributed by atoms with Gasteiger partial charge in [-0.05, 0) is 25.7 Å². The Morgan fingerprint density at radius 1 is 0.962 bits per heavy atom. The lowest BCUT2D eigenvalue weighted by atomic mass is 10.0. The third kappa shape index (κ3) is 3.76. The van der Waals surface area contributed by atoms with Crippen LogP contribution >= 0.6 is 11.3 Å². The van der Waals surface area contributed by atoms with Crippen molar-refractivity contribution in [3.8, 4) is 0 Å². The molecule has 4 rings (SSSR count). The van der Waals surface area contributed by atoms with Gasteiger partial charge in [0.25, 0.3) is 0 Å². The van der Waals surface area contributed by atoms with E-state index in [1.54, 1.807) is 17.7 Å². The van der Waals surface area contributed by atoms with Crippen LogP contribution in [-0.4, -0.2) is 65.4 Å². The molecule has 2 fully saturated rings. The maximum absolute atomic E-state index is 9.69. The first-order valence-electron chi connectivity index (χ1n) is 9.44. The first-order valence-corrected chi connectivity index (χ1v) is 10.3. The molecule has 0 aliphatic carbocycles. The Balaban J connectivity index is 1.47. The second kappa shape index (κ2) is 8.18. The number of hydrogen-bond donors (Lipinski definition) is 1. The second-order valence-corrected chi connectivity index (χ2v) is 7.78. The number of thiazole rings is 1. The third-order valence-electron chi connectivity index (χ3n) is 5.28. The van der Waals surface area contributed by atoms with Crippen LogP contribution < -0.4 is 14.7 Å². The number of piperidine rings is 1. The summed E-state index contributed by atoms with van der Waals surface area (Å²) in [5, 5.41) is 12.8. The van der Waals surface area contributed by atoms with E-state index in [2.05, 4.69) is 35.7 Å². The normalized spacial score (nSPS) is 21.7. The first-order chi connectivity index (χ1) is 12.8. The summed E-state index contributed by atoms with van der Waals surface area (Å²) in [7, 11) is 0. The number of anilines is 3. The molecule has 0 saturated carbocycles. The molecule has 1 atom stereocenters. The minimum absolute atomic E-state index is 0.177. The summed E-state index contributed by atoms with van der Waals surface area (Å²) in [5.74, 6) is 1.92. The van der Waals surface area contributed by atoms with Crippen molar-refractivity contribution in [2.24, 2.45) is 0 Å². The van der Waals surface area contributed by atoms with Gasteiger partial charge in [0.2, 0.25) is 0 Å². The van der Waals surface area contributed by atoms with Gasteiger partial charge in [-0.2, -0.15) is 0 Å². The van der Waals surface area contributed by atoms with Gasteiger partial charge in [-0.3, -0.25) is 0 Å². The van der Waals surface area contributed by atoms with E-state index >= 15 is 0 Å². The lowest BCUT2D eigenvalue weighted by molar-refractivity contribution is 0.239. The summed E-state index contributed by atoms with van der Waals surface area (Å²) in [4.78, 5) is 20.4. The van der Waals surface area contributed by atoms with Crippen LogP contribution in [0.2, 0.25) is 0 Å². The molecule has 2 aliphatic rings. The lowest BCUT2D eigenvalue weighted by Gasteiger charge is -2.36. The Hall–Kier alpha value is -1.93. The lowest BCUT2D eigenvalue weighted by Crippen LogP contribution is -2.42. The topological polar surface area (TPSA) is 68.6 Å². The molecule has 2 aliphatic heterocycles. The van der Waals surface area contributed by atoms with Crippen molar-refractivity contribution in [1.82, 2.24) is 15.0 Å². The molecule has 2 saturated heterocycles. The minimum atomic E-state index is 0.177. The average molecular weight is 375 g/mol. The average Bonchev–Trinajstić information content (AvgIpc) is 3.12. The van der Waals surface area contributed by atoms with Crippen molar-refractivity contribution in [3.63, 3.8) is 0 Å². The van der Waals surface area contributed by atoms with Gasteiger partial charge < -0.3 is 19.8 Å². The fourth-order valence-electron chi connectivity index (χ4n) is 3.87. The first kappa shape index (κ1) is 17.5. The SMILES string of the molecule is OCC1CCCCN1c1cc(N2CCCN(c3nccs3)CC2)ncn1. The molecule has 8 heteroatoms. The molecule has 0 amide bonds. The molecule has 7 nitrogen and oxygen atoms in total. The van der Waals surface area contributed by atoms with Crippen LogP contribution in [-0.2, 0) is 0 Å². The fourth-order valence-corrected chi connectivity index (χ4v) is 4.57. The predicted octanol–water partition coefficient (Wildman–Crippen LogP) is 2.00. The zero-order valence-electron chi connectivity index (χ0n) is 15.0. The van der Waals surface area contributed by atoms with E-state index in [9.17, 15) is 5.11 Å². The largest absolute Gasteiger partial charge is 0.394 e. The van der Waals surface area contributed by atoms with Crippen LogP contribution in [0.1, 0.15) is 25.7 Å². The second-order valence-electron chi connectivity index (χ2n) is 6.90. The van der Waals surface area contributed by atoms with E-state index in [1.807, 2.05) is 11.6 Å². The molecule has 2 aromatic rings. The van der Waals surface area contributed by atoms with Gasteiger partial charge in [0.05, 0.1) is 12.6 Å². The summed E-state index contributed by atoms with van der Waals surface area (Å²) < 4.78 is 0. The molecular weight excluding hydrogens is 348 g/mol. The molecule has 1 N–H and O–H groups in total. The highest BCUT2D eigenvalue weighted by molar-refractivity contribution is 7.13. The van der Waals surface area contributed by atoms with Gasteiger partial charge in [-0.1, -0.05) is 0 Å². The zero-order chi connectivity index (χ0) is 17.8. The maximum atomic E-state index is 9.69. The van der Waals surface area contributed by atoms with Crippen molar-refractivity contribution in [2.75, 3.05) is 54.0 Å². The Morgan fingerprint density at radius 3 is 2.65 bits per heavy atom. The van der Waals surface area contributed by atoms with Gasteiger partial charge in [-0.25, -0.2) is 15.0 Å². The Labute approximate surface area is 158 Å². The molecule has 0 aromatic carbocycles. The summed E-state index contributed by atoms with van der Waals surface area (Å²) in [6, 6.07) is 2.27. The number of aromatic nitrogens is 3. The van der Waals surface area contributed by atoms with Gasteiger partial charge in [-0.15, -0.1) is 11.3 Å². The van der Waals surface area contributed by atoms with Crippen LogP contribution in [0.25, 0.3) is 0 Å². The third-order valence-corrected chi connectivity index (χ3v) is 6.11. The monoisotopic (exact) mass is 374 g/mol. The van der Waals surface area contributed by atoms with Crippen LogP contribution in [0.5, 0.6) is 0 Å². The van der Waals surface area contributed by atoms with Gasteiger partial charge in [0.15, 0.2) is 5.13 Å². The summed E-state index contributed by atoms with van der Waals surface area (Å²) in [6.45, 7) is 5.04.